The highest BCUT2D eigenvalue weighted by Crippen LogP contribution is 2.17. The zero-order chi connectivity index (χ0) is 13.5. The largest absolute Gasteiger partial charge is 0.465 e. The Kier molecular flexibility index (Phi) is 5.85. The normalized spacial score (nSPS) is 10.2. The topological polar surface area (TPSA) is 46.6 Å². The average molecular weight is 269 g/mol. The molecule has 1 aromatic rings. The third kappa shape index (κ3) is 4.14. The van der Waals surface area contributed by atoms with Gasteiger partial charge in [0.2, 0.25) is 0 Å². The Morgan fingerprint density at radius 1 is 1.33 bits per heavy atom. The molecule has 0 aromatic carbocycles. The quantitative estimate of drug-likeness (QED) is 0.745. The number of hydrogen-bond acceptors (Lipinski definition) is 4. The third-order valence-corrected chi connectivity index (χ3v) is 3.35. The number of ether oxygens (including phenoxy) is 1. The number of nitrogens with zero attached hydrogens (tertiary/aromatic N) is 1. The van der Waals surface area contributed by atoms with Crippen LogP contribution in [0.4, 0.5) is 0 Å². The van der Waals surface area contributed by atoms with Crippen LogP contribution in [-0.4, -0.2) is 36.5 Å². The van der Waals surface area contributed by atoms with Gasteiger partial charge < -0.3 is 9.64 Å². The summed E-state index contributed by atoms with van der Waals surface area (Å²) < 4.78 is 4.88. The summed E-state index contributed by atoms with van der Waals surface area (Å²) in [6.07, 6.45) is 0.815. The van der Waals surface area contributed by atoms with Crippen molar-refractivity contribution in [2.24, 2.45) is 0 Å². The molecule has 0 atom stereocenters. The molecular weight excluding hydrogens is 250 g/mol. The molecule has 0 unspecified atom stereocenters. The highest BCUT2D eigenvalue weighted by Gasteiger charge is 2.19. The number of rotatable bonds is 6. The minimum atomic E-state index is -0.354. The molecule has 1 amide bonds. The number of thiophene rings is 1. The van der Waals surface area contributed by atoms with Gasteiger partial charge in [-0.05, 0) is 32.4 Å². The van der Waals surface area contributed by atoms with Crippen LogP contribution in [-0.2, 0) is 9.53 Å². The molecule has 0 bridgehead atoms. The number of aryl methyl sites for hydroxylation is 1. The summed E-state index contributed by atoms with van der Waals surface area (Å²) in [5.41, 5.74) is 0. The van der Waals surface area contributed by atoms with Gasteiger partial charge in [-0.2, -0.15) is 0 Å². The second-order valence-corrected chi connectivity index (χ2v) is 5.23. The maximum atomic E-state index is 12.2. The number of amides is 1. The molecule has 18 heavy (non-hydrogen) atoms. The van der Waals surface area contributed by atoms with Crippen LogP contribution >= 0.6 is 11.3 Å². The van der Waals surface area contributed by atoms with Crippen molar-refractivity contribution in [3.05, 3.63) is 21.9 Å². The van der Waals surface area contributed by atoms with Gasteiger partial charge in [0, 0.05) is 11.4 Å². The van der Waals surface area contributed by atoms with E-state index in [1.807, 2.05) is 19.9 Å². The predicted octanol–water partition coefficient (Wildman–Crippen LogP) is 2.47. The monoisotopic (exact) mass is 269 g/mol. The standard InChI is InChI=1S/C13H19NO3S/c1-4-8-14(9-12(15)17-5-2)13(16)11-7-6-10(3)18-11/h6-7H,4-5,8-9H2,1-3H3. The van der Waals surface area contributed by atoms with Gasteiger partial charge in [0.15, 0.2) is 0 Å². The lowest BCUT2D eigenvalue weighted by Crippen LogP contribution is -2.36. The first-order valence-corrected chi connectivity index (χ1v) is 6.91. The highest BCUT2D eigenvalue weighted by atomic mass is 32.1. The summed E-state index contributed by atoms with van der Waals surface area (Å²) in [5.74, 6) is -0.449. The lowest BCUT2D eigenvalue weighted by Gasteiger charge is -2.20. The number of hydrogen-bond donors (Lipinski definition) is 0. The van der Waals surface area contributed by atoms with Gasteiger partial charge in [0.25, 0.3) is 5.91 Å². The molecule has 5 heteroatoms. The molecule has 0 N–H and O–H groups in total. The molecule has 0 aliphatic heterocycles. The summed E-state index contributed by atoms with van der Waals surface area (Å²) in [7, 11) is 0. The van der Waals surface area contributed by atoms with Gasteiger partial charge in [0.05, 0.1) is 11.5 Å². The summed E-state index contributed by atoms with van der Waals surface area (Å²) in [4.78, 5) is 27.0. The van der Waals surface area contributed by atoms with Gasteiger partial charge in [0.1, 0.15) is 6.54 Å². The van der Waals surface area contributed by atoms with E-state index in [9.17, 15) is 9.59 Å². The SMILES string of the molecule is CCCN(CC(=O)OCC)C(=O)c1ccc(C)s1. The van der Waals surface area contributed by atoms with E-state index < -0.39 is 0 Å². The molecule has 1 heterocycles. The second-order valence-electron chi connectivity index (χ2n) is 3.94. The Hall–Kier alpha value is -1.36. The van der Waals surface area contributed by atoms with Crippen LogP contribution < -0.4 is 0 Å². The molecule has 0 aliphatic carbocycles. The van der Waals surface area contributed by atoms with E-state index in [4.69, 9.17) is 4.74 Å². The molecule has 0 saturated heterocycles. The summed E-state index contributed by atoms with van der Waals surface area (Å²) in [5, 5.41) is 0. The zero-order valence-corrected chi connectivity index (χ0v) is 11.9. The molecular formula is C13H19NO3S. The van der Waals surface area contributed by atoms with Crippen molar-refractivity contribution < 1.29 is 14.3 Å². The molecule has 0 aliphatic rings. The molecule has 1 rings (SSSR count). The van der Waals surface area contributed by atoms with Crippen molar-refractivity contribution in [3.8, 4) is 0 Å². The summed E-state index contributed by atoms with van der Waals surface area (Å²) in [6.45, 7) is 6.62. The van der Waals surface area contributed by atoms with Crippen molar-refractivity contribution in [3.63, 3.8) is 0 Å². The molecule has 0 radical (unpaired) electrons. The minimum Gasteiger partial charge on any atom is -0.465 e. The number of esters is 1. The fourth-order valence-electron chi connectivity index (χ4n) is 1.59. The van der Waals surface area contributed by atoms with Gasteiger partial charge in [-0.15, -0.1) is 11.3 Å². The van der Waals surface area contributed by atoms with Gasteiger partial charge in [-0.25, -0.2) is 0 Å². The van der Waals surface area contributed by atoms with Crippen LogP contribution in [0.15, 0.2) is 12.1 Å². The predicted molar refractivity (Wildman–Crippen MR) is 71.9 cm³/mol. The van der Waals surface area contributed by atoms with E-state index in [0.29, 0.717) is 18.0 Å². The van der Waals surface area contributed by atoms with Crippen LogP contribution in [0.3, 0.4) is 0 Å². The Bertz CT molecular complexity index is 414. The van der Waals surface area contributed by atoms with Gasteiger partial charge >= 0.3 is 5.97 Å². The highest BCUT2D eigenvalue weighted by molar-refractivity contribution is 7.13. The fourth-order valence-corrected chi connectivity index (χ4v) is 2.43. The third-order valence-electron chi connectivity index (χ3n) is 2.36. The van der Waals surface area contributed by atoms with Crippen LogP contribution in [0.2, 0.25) is 0 Å². The summed E-state index contributed by atoms with van der Waals surface area (Å²) in [6, 6.07) is 3.71. The molecule has 1 aromatic heterocycles. The molecule has 0 fully saturated rings. The maximum Gasteiger partial charge on any atom is 0.325 e. The number of carbonyl (C=O) groups excluding carboxylic acids is 2. The lowest BCUT2D eigenvalue weighted by atomic mass is 10.3. The summed E-state index contributed by atoms with van der Waals surface area (Å²) >= 11 is 1.45. The zero-order valence-electron chi connectivity index (χ0n) is 11.1. The minimum absolute atomic E-state index is 0.0253. The molecule has 100 valence electrons. The first-order chi connectivity index (χ1) is 8.58. The Morgan fingerprint density at radius 2 is 2.06 bits per heavy atom. The molecule has 0 spiro atoms. The Labute approximate surface area is 112 Å². The lowest BCUT2D eigenvalue weighted by molar-refractivity contribution is -0.143. The first-order valence-electron chi connectivity index (χ1n) is 6.09. The van der Waals surface area contributed by atoms with Crippen LogP contribution in [0, 0.1) is 6.92 Å². The van der Waals surface area contributed by atoms with Crippen molar-refractivity contribution >= 4 is 23.2 Å². The average Bonchev–Trinajstić information content (AvgIpc) is 2.75. The van der Waals surface area contributed by atoms with E-state index in [1.165, 1.54) is 11.3 Å². The first kappa shape index (κ1) is 14.7. The second kappa shape index (κ2) is 7.16. The van der Waals surface area contributed by atoms with Crippen molar-refractivity contribution in [2.75, 3.05) is 19.7 Å². The van der Waals surface area contributed by atoms with Crippen molar-refractivity contribution in [1.82, 2.24) is 4.90 Å². The van der Waals surface area contributed by atoms with E-state index in [2.05, 4.69) is 0 Å². The van der Waals surface area contributed by atoms with Crippen molar-refractivity contribution in [1.29, 1.82) is 0 Å². The van der Waals surface area contributed by atoms with Crippen LogP contribution in [0.25, 0.3) is 0 Å². The van der Waals surface area contributed by atoms with E-state index >= 15 is 0 Å². The Balaban J connectivity index is 2.71. The smallest absolute Gasteiger partial charge is 0.325 e. The van der Waals surface area contributed by atoms with Crippen molar-refractivity contribution in [2.45, 2.75) is 27.2 Å². The van der Waals surface area contributed by atoms with E-state index in [-0.39, 0.29) is 18.4 Å². The van der Waals surface area contributed by atoms with Gasteiger partial charge in [-0.3, -0.25) is 9.59 Å². The molecule has 0 saturated carbocycles. The van der Waals surface area contributed by atoms with Gasteiger partial charge in [-0.1, -0.05) is 6.92 Å². The van der Waals surface area contributed by atoms with E-state index in [1.54, 1.807) is 17.9 Å². The number of carbonyl (C=O) groups is 2. The van der Waals surface area contributed by atoms with Crippen LogP contribution in [0.5, 0.6) is 0 Å². The molecule has 4 nitrogen and oxygen atoms in total. The van der Waals surface area contributed by atoms with E-state index in [0.717, 1.165) is 11.3 Å². The van der Waals surface area contributed by atoms with Crippen LogP contribution in [0.1, 0.15) is 34.8 Å². The Morgan fingerprint density at radius 3 is 2.56 bits per heavy atom. The maximum absolute atomic E-state index is 12.2. The fraction of sp³-hybridized carbons (Fsp3) is 0.538.